The number of aliphatic hydroxyl groups is 1. The summed E-state index contributed by atoms with van der Waals surface area (Å²) < 4.78 is 0. The first-order valence-electron chi connectivity index (χ1n) is 6.75. The van der Waals surface area contributed by atoms with E-state index in [1.54, 1.807) is 0 Å². The quantitative estimate of drug-likeness (QED) is 0.753. The summed E-state index contributed by atoms with van der Waals surface area (Å²) >= 11 is 5.19. The number of benzene rings is 1. The average molecular weight is 280 g/mol. The zero-order valence-corrected chi connectivity index (χ0v) is 12.8. The average Bonchev–Trinajstić information content (AvgIpc) is 2.38. The summed E-state index contributed by atoms with van der Waals surface area (Å²) in [5.41, 5.74) is 8.27. The molecule has 0 heterocycles. The molecule has 0 bridgehead atoms. The molecule has 1 aromatic carbocycles. The number of aliphatic hydroxyl groups excluding tert-OH is 1. The molecule has 4 heteroatoms. The minimum absolute atomic E-state index is 0.103. The van der Waals surface area contributed by atoms with Crippen molar-refractivity contribution < 1.29 is 5.11 Å². The van der Waals surface area contributed by atoms with Crippen LogP contribution in [0.25, 0.3) is 0 Å². The summed E-state index contributed by atoms with van der Waals surface area (Å²) in [6.45, 7) is 7.87. The summed E-state index contributed by atoms with van der Waals surface area (Å²) in [7, 11) is 0. The van der Waals surface area contributed by atoms with E-state index >= 15 is 0 Å². The van der Waals surface area contributed by atoms with E-state index in [0.717, 1.165) is 12.1 Å². The summed E-state index contributed by atoms with van der Waals surface area (Å²) in [5, 5.41) is 9.14. The Morgan fingerprint density at radius 3 is 2.16 bits per heavy atom. The Kier molecular flexibility index (Phi) is 6.42. The fourth-order valence-electron chi connectivity index (χ4n) is 2.22. The molecule has 0 amide bonds. The predicted octanol–water partition coefficient (Wildman–Crippen LogP) is 2.45. The normalized spacial score (nSPS) is 12.9. The zero-order valence-electron chi connectivity index (χ0n) is 12.0. The summed E-state index contributed by atoms with van der Waals surface area (Å²) in [6, 6.07) is 8.31. The SMILES string of the molecule is CCN(CCO)C(C(N)=S)c1ccc(C(C)C)cc1. The van der Waals surface area contributed by atoms with E-state index in [4.69, 9.17) is 23.1 Å². The van der Waals surface area contributed by atoms with Crippen LogP contribution in [0.2, 0.25) is 0 Å². The van der Waals surface area contributed by atoms with Crippen LogP contribution in [0.4, 0.5) is 0 Å². The maximum absolute atomic E-state index is 9.14. The van der Waals surface area contributed by atoms with Crippen LogP contribution >= 0.6 is 12.2 Å². The molecule has 106 valence electrons. The van der Waals surface area contributed by atoms with Gasteiger partial charge in [-0.2, -0.15) is 0 Å². The van der Waals surface area contributed by atoms with Gasteiger partial charge in [-0.3, -0.25) is 4.90 Å². The lowest BCUT2D eigenvalue weighted by atomic mass is 9.98. The van der Waals surface area contributed by atoms with Gasteiger partial charge in [-0.1, -0.05) is 57.3 Å². The Morgan fingerprint density at radius 1 is 1.26 bits per heavy atom. The molecule has 0 spiro atoms. The van der Waals surface area contributed by atoms with Gasteiger partial charge in [0.25, 0.3) is 0 Å². The summed E-state index contributed by atoms with van der Waals surface area (Å²) in [5.74, 6) is 0.511. The van der Waals surface area contributed by atoms with Gasteiger partial charge in [-0.15, -0.1) is 0 Å². The molecule has 1 atom stereocenters. The van der Waals surface area contributed by atoms with E-state index in [2.05, 4.69) is 43.0 Å². The number of hydrogen-bond donors (Lipinski definition) is 2. The smallest absolute Gasteiger partial charge is 0.0948 e. The number of rotatable bonds is 7. The van der Waals surface area contributed by atoms with Crippen molar-refractivity contribution in [3.8, 4) is 0 Å². The fraction of sp³-hybridized carbons (Fsp3) is 0.533. The van der Waals surface area contributed by atoms with Crippen molar-refractivity contribution in [2.45, 2.75) is 32.7 Å². The third-order valence-electron chi connectivity index (χ3n) is 3.35. The highest BCUT2D eigenvalue weighted by molar-refractivity contribution is 7.80. The second-order valence-corrected chi connectivity index (χ2v) is 5.45. The molecule has 0 radical (unpaired) electrons. The Bertz CT molecular complexity index is 403. The van der Waals surface area contributed by atoms with Crippen molar-refractivity contribution in [1.82, 2.24) is 4.90 Å². The van der Waals surface area contributed by atoms with Crippen molar-refractivity contribution in [3.05, 3.63) is 35.4 Å². The van der Waals surface area contributed by atoms with Crippen LogP contribution in [0.3, 0.4) is 0 Å². The highest BCUT2D eigenvalue weighted by atomic mass is 32.1. The van der Waals surface area contributed by atoms with Gasteiger partial charge in [0.1, 0.15) is 0 Å². The minimum atomic E-state index is -0.103. The first-order valence-corrected chi connectivity index (χ1v) is 7.16. The molecule has 3 N–H and O–H groups in total. The third kappa shape index (κ3) is 4.27. The zero-order chi connectivity index (χ0) is 14.4. The van der Waals surface area contributed by atoms with Gasteiger partial charge in [0, 0.05) is 6.54 Å². The standard InChI is InChI=1S/C15H24N2OS/c1-4-17(9-10-18)14(15(16)19)13-7-5-12(6-8-13)11(2)3/h5-8,11,14,18H,4,9-10H2,1-3H3,(H2,16,19). The molecule has 0 saturated carbocycles. The van der Waals surface area contributed by atoms with Gasteiger partial charge in [0.2, 0.25) is 0 Å². The fourth-order valence-corrected chi connectivity index (χ4v) is 2.50. The number of thiocarbonyl (C=S) groups is 1. The van der Waals surface area contributed by atoms with E-state index < -0.39 is 0 Å². The van der Waals surface area contributed by atoms with Gasteiger partial charge >= 0.3 is 0 Å². The molecule has 0 fully saturated rings. The van der Waals surface area contributed by atoms with Crippen molar-refractivity contribution in [3.63, 3.8) is 0 Å². The van der Waals surface area contributed by atoms with Gasteiger partial charge in [-0.05, 0) is 23.6 Å². The van der Waals surface area contributed by atoms with Crippen LogP contribution in [-0.2, 0) is 0 Å². The molecule has 0 aliphatic carbocycles. The Labute approximate surface area is 121 Å². The molecule has 0 aliphatic rings. The molecule has 1 rings (SSSR count). The van der Waals surface area contributed by atoms with E-state index in [-0.39, 0.29) is 12.6 Å². The molecule has 1 aromatic rings. The Morgan fingerprint density at radius 2 is 1.79 bits per heavy atom. The van der Waals surface area contributed by atoms with Crippen LogP contribution in [-0.4, -0.2) is 34.7 Å². The van der Waals surface area contributed by atoms with Gasteiger partial charge in [0.15, 0.2) is 0 Å². The van der Waals surface area contributed by atoms with Gasteiger partial charge in [-0.25, -0.2) is 0 Å². The summed E-state index contributed by atoms with van der Waals surface area (Å²) in [4.78, 5) is 2.54. The Hall–Kier alpha value is -0.970. The van der Waals surface area contributed by atoms with Gasteiger partial charge < -0.3 is 10.8 Å². The van der Waals surface area contributed by atoms with Crippen molar-refractivity contribution >= 4 is 17.2 Å². The summed E-state index contributed by atoms with van der Waals surface area (Å²) in [6.07, 6.45) is 0. The number of hydrogen-bond acceptors (Lipinski definition) is 3. The molecule has 1 unspecified atom stereocenters. The van der Waals surface area contributed by atoms with E-state index in [9.17, 15) is 0 Å². The maximum atomic E-state index is 9.14. The molecule has 0 aromatic heterocycles. The second kappa shape index (κ2) is 7.58. The lowest BCUT2D eigenvalue weighted by Gasteiger charge is -2.29. The number of likely N-dealkylation sites (N-methyl/N-ethyl adjacent to an activating group) is 1. The first-order chi connectivity index (χ1) is 9.01. The molecular weight excluding hydrogens is 256 g/mol. The highest BCUT2D eigenvalue weighted by Gasteiger charge is 2.21. The van der Waals surface area contributed by atoms with E-state index in [1.807, 2.05) is 6.92 Å². The topological polar surface area (TPSA) is 49.5 Å². The molecule has 3 nitrogen and oxygen atoms in total. The molecular formula is C15H24N2OS. The van der Waals surface area contributed by atoms with Crippen molar-refractivity contribution in [2.24, 2.45) is 5.73 Å². The monoisotopic (exact) mass is 280 g/mol. The van der Waals surface area contributed by atoms with Crippen molar-refractivity contribution in [2.75, 3.05) is 19.7 Å². The molecule has 0 saturated heterocycles. The van der Waals surface area contributed by atoms with Crippen LogP contribution in [0.5, 0.6) is 0 Å². The molecule has 19 heavy (non-hydrogen) atoms. The van der Waals surface area contributed by atoms with Crippen LogP contribution < -0.4 is 5.73 Å². The lowest BCUT2D eigenvalue weighted by Crippen LogP contribution is -2.38. The van der Waals surface area contributed by atoms with E-state index in [0.29, 0.717) is 17.5 Å². The minimum Gasteiger partial charge on any atom is -0.395 e. The lowest BCUT2D eigenvalue weighted by molar-refractivity contribution is 0.185. The van der Waals surface area contributed by atoms with Gasteiger partial charge in [0.05, 0.1) is 17.6 Å². The largest absolute Gasteiger partial charge is 0.395 e. The predicted molar refractivity (Wildman–Crippen MR) is 84.4 cm³/mol. The number of nitrogens with zero attached hydrogens (tertiary/aromatic N) is 1. The van der Waals surface area contributed by atoms with E-state index in [1.165, 1.54) is 5.56 Å². The molecule has 0 aliphatic heterocycles. The number of nitrogens with two attached hydrogens (primary N) is 1. The first kappa shape index (κ1) is 16.1. The van der Waals surface area contributed by atoms with Crippen LogP contribution in [0.1, 0.15) is 43.9 Å². The van der Waals surface area contributed by atoms with Crippen molar-refractivity contribution in [1.29, 1.82) is 0 Å². The Balaban J connectivity index is 3.01. The second-order valence-electron chi connectivity index (χ2n) is 4.98. The van der Waals surface area contributed by atoms with Crippen LogP contribution in [0, 0.1) is 0 Å². The third-order valence-corrected chi connectivity index (χ3v) is 3.57. The highest BCUT2D eigenvalue weighted by Crippen LogP contribution is 2.23. The maximum Gasteiger partial charge on any atom is 0.0948 e. The van der Waals surface area contributed by atoms with Crippen LogP contribution in [0.15, 0.2) is 24.3 Å².